The summed E-state index contributed by atoms with van der Waals surface area (Å²) in [6.45, 7) is 3.99. The molecular formula is C8H11NO3. The normalized spacial score (nSPS) is 8.92. The first kappa shape index (κ1) is 10.7. The molecule has 0 aromatic heterocycles. The van der Waals surface area contributed by atoms with Crippen molar-refractivity contribution in [2.75, 3.05) is 13.2 Å². The molecule has 4 heteroatoms. The molecule has 0 fully saturated rings. The third kappa shape index (κ3) is 5.45. The molecule has 0 atom stereocenters. The highest BCUT2D eigenvalue weighted by atomic mass is 16.5. The molecule has 0 radical (unpaired) electrons. The first-order valence-corrected chi connectivity index (χ1v) is 3.54. The molecule has 0 rings (SSSR count). The van der Waals surface area contributed by atoms with Crippen LogP contribution in [-0.2, 0) is 9.53 Å². The van der Waals surface area contributed by atoms with E-state index >= 15 is 0 Å². The number of rotatable bonds is 6. The molecule has 0 saturated heterocycles. The van der Waals surface area contributed by atoms with Gasteiger partial charge in [-0.2, -0.15) is 5.26 Å². The highest BCUT2D eigenvalue weighted by molar-refractivity contribution is 5.85. The van der Waals surface area contributed by atoms with E-state index in [0.29, 0.717) is 26.1 Å². The lowest BCUT2D eigenvalue weighted by Gasteiger charge is -2.00. The molecule has 0 amide bonds. The van der Waals surface area contributed by atoms with Crippen molar-refractivity contribution in [1.82, 2.24) is 0 Å². The molecule has 0 aromatic rings. The summed E-state index contributed by atoms with van der Waals surface area (Å²) in [5.74, 6) is -1.00. The zero-order chi connectivity index (χ0) is 9.40. The largest absolute Gasteiger partial charge is 0.478 e. The predicted octanol–water partition coefficient (Wildman–Crippen LogP) is 0.948. The lowest BCUT2D eigenvalue weighted by molar-refractivity contribution is -0.132. The van der Waals surface area contributed by atoms with Gasteiger partial charge in [-0.15, -0.1) is 0 Å². The van der Waals surface area contributed by atoms with Gasteiger partial charge < -0.3 is 9.84 Å². The average Bonchev–Trinajstić information content (AvgIpc) is 2.03. The van der Waals surface area contributed by atoms with Crippen molar-refractivity contribution in [2.45, 2.75) is 12.8 Å². The molecule has 0 aromatic carbocycles. The van der Waals surface area contributed by atoms with Gasteiger partial charge in [0.2, 0.25) is 0 Å². The second-order valence-electron chi connectivity index (χ2n) is 2.18. The predicted molar refractivity (Wildman–Crippen MR) is 42.4 cm³/mol. The van der Waals surface area contributed by atoms with Crippen LogP contribution in [0.25, 0.3) is 0 Å². The average molecular weight is 169 g/mol. The number of hydrogen-bond donors (Lipinski definition) is 1. The number of carboxylic acid groups (broad SMARTS) is 1. The number of carbonyl (C=O) groups is 1. The molecule has 0 aliphatic carbocycles. The topological polar surface area (TPSA) is 70.3 Å². The minimum absolute atomic E-state index is 0.131. The van der Waals surface area contributed by atoms with Crippen molar-refractivity contribution >= 4 is 5.97 Å². The van der Waals surface area contributed by atoms with Gasteiger partial charge in [0.05, 0.1) is 25.7 Å². The van der Waals surface area contributed by atoms with Crippen molar-refractivity contribution in [1.29, 1.82) is 5.26 Å². The lowest BCUT2D eigenvalue weighted by Crippen LogP contribution is -2.03. The standard InChI is InChI=1S/C8H11NO3/c1-7(8(10)11)3-6-12-5-2-4-9/h1-3,5-6H2,(H,10,11). The van der Waals surface area contributed by atoms with Crippen LogP contribution in [-0.4, -0.2) is 24.3 Å². The van der Waals surface area contributed by atoms with Crippen LogP contribution in [0.4, 0.5) is 0 Å². The zero-order valence-electron chi connectivity index (χ0n) is 6.75. The Balaban J connectivity index is 3.27. The smallest absolute Gasteiger partial charge is 0.331 e. The van der Waals surface area contributed by atoms with Crippen molar-refractivity contribution < 1.29 is 14.6 Å². The highest BCUT2D eigenvalue weighted by Gasteiger charge is 2.02. The van der Waals surface area contributed by atoms with E-state index in [-0.39, 0.29) is 5.57 Å². The summed E-state index contributed by atoms with van der Waals surface area (Å²) in [4.78, 5) is 10.2. The zero-order valence-corrected chi connectivity index (χ0v) is 6.75. The fourth-order valence-corrected chi connectivity index (χ4v) is 0.522. The Kier molecular flexibility index (Phi) is 5.66. The number of nitrogens with zero attached hydrogens (tertiary/aromatic N) is 1. The maximum absolute atomic E-state index is 10.2. The van der Waals surface area contributed by atoms with E-state index in [1.807, 2.05) is 6.07 Å². The van der Waals surface area contributed by atoms with Crippen LogP contribution in [0, 0.1) is 11.3 Å². The fraction of sp³-hybridized carbons (Fsp3) is 0.500. The van der Waals surface area contributed by atoms with Crippen molar-refractivity contribution in [3.63, 3.8) is 0 Å². The van der Waals surface area contributed by atoms with Gasteiger partial charge in [-0.3, -0.25) is 0 Å². The minimum Gasteiger partial charge on any atom is -0.478 e. The van der Waals surface area contributed by atoms with Gasteiger partial charge in [-0.25, -0.2) is 4.79 Å². The first-order valence-electron chi connectivity index (χ1n) is 3.54. The van der Waals surface area contributed by atoms with Crippen LogP contribution in [0.1, 0.15) is 12.8 Å². The minimum atomic E-state index is -1.00. The molecule has 0 unspecified atom stereocenters. The van der Waals surface area contributed by atoms with Gasteiger partial charge in [0, 0.05) is 12.0 Å². The van der Waals surface area contributed by atoms with E-state index in [9.17, 15) is 4.79 Å². The number of carboxylic acids is 1. The third-order valence-electron chi connectivity index (χ3n) is 1.21. The van der Waals surface area contributed by atoms with Gasteiger partial charge in [0.25, 0.3) is 0 Å². The Labute approximate surface area is 71.1 Å². The molecule has 66 valence electrons. The molecule has 0 heterocycles. The Hall–Kier alpha value is -1.34. The summed E-state index contributed by atoms with van der Waals surface area (Å²) in [6, 6.07) is 1.91. The molecule has 0 bridgehead atoms. The number of hydrogen-bond acceptors (Lipinski definition) is 3. The number of nitriles is 1. The Bertz CT molecular complexity index is 205. The molecule has 0 saturated carbocycles. The number of ether oxygens (including phenoxy) is 1. The van der Waals surface area contributed by atoms with Crippen LogP contribution in [0.5, 0.6) is 0 Å². The van der Waals surface area contributed by atoms with E-state index in [2.05, 4.69) is 6.58 Å². The fourth-order valence-electron chi connectivity index (χ4n) is 0.522. The van der Waals surface area contributed by atoms with Crippen molar-refractivity contribution in [3.8, 4) is 6.07 Å². The number of aliphatic carboxylic acids is 1. The van der Waals surface area contributed by atoms with Gasteiger partial charge in [-0.05, 0) is 0 Å². The third-order valence-corrected chi connectivity index (χ3v) is 1.21. The first-order chi connectivity index (χ1) is 5.68. The van der Waals surface area contributed by atoms with Gasteiger partial charge in [0.15, 0.2) is 0 Å². The molecule has 12 heavy (non-hydrogen) atoms. The molecule has 0 aliphatic heterocycles. The van der Waals surface area contributed by atoms with Gasteiger partial charge in [-0.1, -0.05) is 6.58 Å². The molecule has 0 spiro atoms. The van der Waals surface area contributed by atoms with E-state index < -0.39 is 5.97 Å². The highest BCUT2D eigenvalue weighted by Crippen LogP contribution is 1.97. The van der Waals surface area contributed by atoms with E-state index in [1.54, 1.807) is 0 Å². The second-order valence-corrected chi connectivity index (χ2v) is 2.18. The van der Waals surface area contributed by atoms with Crippen LogP contribution >= 0.6 is 0 Å². The Morgan fingerprint density at radius 2 is 2.25 bits per heavy atom. The monoisotopic (exact) mass is 169 g/mol. The second kappa shape index (κ2) is 6.38. The molecule has 1 N–H and O–H groups in total. The SMILES string of the molecule is C=C(CCOCCC#N)C(=O)O. The quantitative estimate of drug-likeness (QED) is 0.474. The Morgan fingerprint density at radius 3 is 2.75 bits per heavy atom. The molecule has 4 nitrogen and oxygen atoms in total. The van der Waals surface area contributed by atoms with E-state index in [4.69, 9.17) is 15.1 Å². The summed E-state index contributed by atoms with van der Waals surface area (Å²) >= 11 is 0. The summed E-state index contributed by atoms with van der Waals surface area (Å²) in [7, 11) is 0. The van der Waals surface area contributed by atoms with E-state index in [1.165, 1.54) is 0 Å². The van der Waals surface area contributed by atoms with Crippen molar-refractivity contribution in [2.24, 2.45) is 0 Å². The maximum Gasteiger partial charge on any atom is 0.331 e. The maximum atomic E-state index is 10.2. The molecule has 0 aliphatic rings. The summed E-state index contributed by atoms with van der Waals surface area (Å²) in [5, 5.41) is 16.5. The summed E-state index contributed by atoms with van der Waals surface area (Å²) < 4.78 is 4.95. The lowest BCUT2D eigenvalue weighted by atomic mass is 10.2. The molecular weight excluding hydrogens is 158 g/mol. The van der Waals surface area contributed by atoms with Gasteiger partial charge >= 0.3 is 5.97 Å². The van der Waals surface area contributed by atoms with Gasteiger partial charge in [0.1, 0.15) is 0 Å². The van der Waals surface area contributed by atoms with Crippen LogP contribution in [0.15, 0.2) is 12.2 Å². The summed E-state index contributed by atoms with van der Waals surface area (Å²) in [6.07, 6.45) is 0.639. The van der Waals surface area contributed by atoms with Crippen molar-refractivity contribution in [3.05, 3.63) is 12.2 Å². The summed E-state index contributed by atoms with van der Waals surface area (Å²) in [5.41, 5.74) is 0.131. The van der Waals surface area contributed by atoms with Crippen LogP contribution in [0.2, 0.25) is 0 Å². The Morgan fingerprint density at radius 1 is 1.58 bits per heavy atom. The van der Waals surface area contributed by atoms with Crippen LogP contribution < -0.4 is 0 Å². The van der Waals surface area contributed by atoms with Crippen LogP contribution in [0.3, 0.4) is 0 Å². The van der Waals surface area contributed by atoms with E-state index in [0.717, 1.165) is 0 Å².